The zero-order valence-electron chi connectivity index (χ0n) is 7.28. The van der Waals surface area contributed by atoms with Crippen molar-refractivity contribution in [3.63, 3.8) is 0 Å². The number of hydrogen-bond acceptors (Lipinski definition) is 4. The quantitative estimate of drug-likeness (QED) is 0.695. The van der Waals surface area contributed by atoms with Crippen LogP contribution in [0.3, 0.4) is 0 Å². The molecule has 0 aliphatic heterocycles. The number of aromatic carboxylic acids is 1. The van der Waals surface area contributed by atoms with Crippen molar-refractivity contribution in [1.82, 2.24) is 0 Å². The van der Waals surface area contributed by atoms with Gasteiger partial charge in [0, 0.05) is 5.56 Å². The van der Waals surface area contributed by atoms with Crippen LogP contribution in [0, 0.1) is 0 Å². The van der Waals surface area contributed by atoms with Gasteiger partial charge in [-0.2, -0.15) is 0 Å². The molecular weight excluding hydrogens is 236 g/mol. The summed E-state index contributed by atoms with van der Waals surface area (Å²) in [5, 5.41) is 19.0. The third-order valence-corrected chi connectivity index (χ3v) is 1.12. The minimum atomic E-state index is -1.36. The van der Waals surface area contributed by atoms with Gasteiger partial charge in [-0.3, -0.25) is 0 Å². The summed E-state index contributed by atoms with van der Waals surface area (Å²) in [6.45, 7) is 1.33. The van der Waals surface area contributed by atoms with E-state index in [2.05, 4.69) is 16.0 Å². The molecule has 0 radical (unpaired) electrons. The first-order chi connectivity index (χ1) is 6.45. The van der Waals surface area contributed by atoms with Gasteiger partial charge in [-0.1, -0.05) is 12.1 Å². The third-order valence-electron chi connectivity index (χ3n) is 1.12. The monoisotopic (exact) mass is 243 g/mol. The molecule has 1 aromatic rings. The molecule has 5 heteroatoms. The minimum absolute atomic E-state index is 0.178. The first-order valence-corrected chi connectivity index (χ1v) is 4.03. The Morgan fingerprint density at radius 1 is 1.36 bits per heavy atom. The van der Waals surface area contributed by atoms with Crippen molar-refractivity contribution in [1.29, 1.82) is 0 Å². The maximum atomic E-state index is 10.2. The molecule has 14 heavy (non-hydrogen) atoms. The van der Waals surface area contributed by atoms with E-state index in [1.807, 2.05) is 0 Å². The van der Waals surface area contributed by atoms with E-state index in [-0.39, 0.29) is 16.0 Å². The van der Waals surface area contributed by atoms with Crippen molar-refractivity contribution in [2.45, 2.75) is 6.92 Å². The van der Waals surface area contributed by atoms with Crippen LogP contribution < -0.4 is 5.11 Å². The molecule has 0 bridgehead atoms. The van der Waals surface area contributed by atoms with E-state index >= 15 is 0 Å². The van der Waals surface area contributed by atoms with Crippen LogP contribution in [0.1, 0.15) is 17.3 Å². The largest absolute Gasteiger partial charge is 0.545 e. The third kappa shape index (κ3) is 5.35. The summed E-state index contributed by atoms with van der Waals surface area (Å²) in [7, 11) is 0. The molecular formula is C9H8CuO4. The molecule has 0 aliphatic carbocycles. The summed E-state index contributed by atoms with van der Waals surface area (Å²) in [5.41, 5.74) is -0.178. The van der Waals surface area contributed by atoms with Crippen LogP contribution in [0.25, 0.3) is 0 Å². The second kappa shape index (κ2) is 6.18. The topological polar surface area (TPSA) is 77.4 Å². The van der Waals surface area contributed by atoms with Crippen LogP contribution in [0.2, 0.25) is 0 Å². The van der Waals surface area contributed by atoms with E-state index in [0.717, 1.165) is 0 Å². The second-order valence-corrected chi connectivity index (χ2v) is 2.88. The molecule has 1 aromatic carbocycles. The van der Waals surface area contributed by atoms with Gasteiger partial charge in [-0.25, -0.2) is 0 Å². The zero-order chi connectivity index (χ0) is 11.1. The Bertz CT molecular complexity index is 331. The fourth-order valence-electron chi connectivity index (χ4n) is 0.646. The Hall–Kier alpha value is -1.32. The molecule has 0 saturated heterocycles. The molecule has 79 valence electrons. The van der Waals surface area contributed by atoms with Crippen LogP contribution in [-0.2, 0) is 20.8 Å². The van der Waals surface area contributed by atoms with Gasteiger partial charge in [0.15, 0.2) is 0 Å². The summed E-state index contributed by atoms with van der Waals surface area (Å²) < 4.78 is -0.271. The molecule has 1 N–H and O–H groups in total. The molecule has 0 aliphatic rings. The van der Waals surface area contributed by atoms with E-state index in [4.69, 9.17) is 5.11 Å². The van der Waals surface area contributed by atoms with Gasteiger partial charge in [-0.15, -0.1) is 0 Å². The molecule has 4 nitrogen and oxygen atoms in total. The predicted molar refractivity (Wildman–Crippen MR) is 43.1 cm³/mol. The van der Waals surface area contributed by atoms with E-state index in [1.54, 1.807) is 6.07 Å². The maximum absolute atomic E-state index is 10.2. The Morgan fingerprint density at radius 2 is 1.79 bits per heavy atom. The van der Waals surface area contributed by atoms with Crippen molar-refractivity contribution in [2.24, 2.45) is 0 Å². The van der Waals surface area contributed by atoms with Crippen molar-refractivity contribution in [3.05, 3.63) is 29.8 Å². The summed E-state index contributed by atoms with van der Waals surface area (Å²) in [6.07, 6.45) is 0. The summed E-state index contributed by atoms with van der Waals surface area (Å²) in [4.78, 5) is 19.4. The zero-order valence-corrected chi connectivity index (χ0v) is 8.22. The van der Waals surface area contributed by atoms with Crippen LogP contribution in [0.4, 0.5) is 0 Å². The Kier molecular flexibility index (Phi) is 5.60. The maximum Gasteiger partial charge on any atom is 0.124 e. The van der Waals surface area contributed by atoms with E-state index in [0.29, 0.717) is 0 Å². The van der Waals surface area contributed by atoms with Gasteiger partial charge in [0.25, 0.3) is 0 Å². The van der Waals surface area contributed by atoms with Crippen LogP contribution >= 0.6 is 0 Å². The predicted octanol–water partition coefficient (Wildman–Crippen LogP) is -0.165. The summed E-state index contributed by atoms with van der Waals surface area (Å²) >= 11 is 4.10. The van der Waals surface area contributed by atoms with Gasteiger partial charge < -0.3 is 15.0 Å². The second-order valence-electron chi connectivity index (χ2n) is 2.22. The SMILES string of the molecule is C[C](=O)[Cu+].O=C([O-])c1ccccc1O. The Morgan fingerprint density at radius 3 is 2.07 bits per heavy atom. The van der Waals surface area contributed by atoms with Crippen molar-refractivity contribution < 1.29 is 35.8 Å². The van der Waals surface area contributed by atoms with Gasteiger partial charge >= 0.3 is 32.4 Å². The average molecular weight is 244 g/mol. The molecule has 0 aromatic heterocycles. The van der Waals surface area contributed by atoms with Gasteiger partial charge in [0.05, 0.1) is 5.97 Å². The van der Waals surface area contributed by atoms with E-state index < -0.39 is 5.97 Å². The van der Waals surface area contributed by atoms with E-state index in [1.165, 1.54) is 25.1 Å². The van der Waals surface area contributed by atoms with Crippen LogP contribution in [0.5, 0.6) is 5.75 Å². The fraction of sp³-hybridized carbons (Fsp3) is 0.111. The molecule has 0 spiro atoms. The molecule has 0 amide bonds. The van der Waals surface area contributed by atoms with E-state index in [9.17, 15) is 14.7 Å². The summed E-state index contributed by atoms with van der Waals surface area (Å²) in [5.74, 6) is -1.62. The molecule has 1 rings (SSSR count). The van der Waals surface area contributed by atoms with Gasteiger partial charge in [-0.05, 0) is 12.1 Å². The van der Waals surface area contributed by atoms with Crippen LogP contribution in [0.15, 0.2) is 24.3 Å². The molecule has 0 fully saturated rings. The standard InChI is InChI=1S/C7H6O3.C2H3O.Cu/c8-6-4-2-1-3-5(6)7(9)10;1-2-3;/h1-4,8H,(H,9,10);1H3;/q;;+1/p-1. The number of carbonyl (C=O) groups excluding carboxylic acids is 2. The number of benzene rings is 1. The molecule has 0 atom stereocenters. The van der Waals surface area contributed by atoms with Crippen molar-refractivity contribution >= 4 is 10.7 Å². The number of hydrogen-bond donors (Lipinski definition) is 1. The number of carbonyl (C=O) groups is 2. The number of para-hydroxylation sites is 1. The number of aromatic hydroxyl groups is 1. The average Bonchev–Trinajstić information content (AvgIpc) is 2.03. The Balaban J connectivity index is 0.000000364. The molecule has 0 saturated carbocycles. The number of carboxylic acids is 1. The molecule has 0 heterocycles. The van der Waals surface area contributed by atoms with Crippen molar-refractivity contribution in [2.75, 3.05) is 0 Å². The molecule has 0 unspecified atom stereocenters. The summed E-state index contributed by atoms with van der Waals surface area (Å²) in [6, 6.07) is 5.64. The van der Waals surface area contributed by atoms with Gasteiger partial charge in [0.1, 0.15) is 5.75 Å². The first kappa shape index (κ1) is 12.7. The van der Waals surface area contributed by atoms with Crippen LogP contribution in [-0.4, -0.2) is 15.8 Å². The first-order valence-electron chi connectivity index (χ1n) is 3.56. The minimum Gasteiger partial charge on any atom is -0.545 e. The number of rotatable bonds is 1. The van der Waals surface area contributed by atoms with Crippen molar-refractivity contribution in [3.8, 4) is 5.75 Å². The smallest absolute Gasteiger partial charge is 0.124 e. The Labute approximate surface area is 89.4 Å². The number of phenols is 1. The fourth-order valence-corrected chi connectivity index (χ4v) is 0.646. The normalized spacial score (nSPS) is 8.50. The number of carboxylic acid groups (broad SMARTS) is 1. The van der Waals surface area contributed by atoms with Gasteiger partial charge in [0.2, 0.25) is 0 Å².